The highest BCUT2D eigenvalue weighted by Crippen LogP contribution is 2.21. The van der Waals surface area contributed by atoms with Crippen LogP contribution < -0.4 is 0 Å². The van der Waals surface area contributed by atoms with Gasteiger partial charge in [0.15, 0.2) is 5.76 Å². The van der Waals surface area contributed by atoms with Gasteiger partial charge in [-0.15, -0.1) is 10.2 Å². The molecule has 0 spiro atoms. The van der Waals surface area contributed by atoms with E-state index < -0.39 is 0 Å². The quantitative estimate of drug-likeness (QED) is 0.922. The van der Waals surface area contributed by atoms with Gasteiger partial charge in [0.2, 0.25) is 5.89 Å². The van der Waals surface area contributed by atoms with Gasteiger partial charge in [0, 0.05) is 6.04 Å². The van der Waals surface area contributed by atoms with Crippen molar-refractivity contribution in [1.29, 1.82) is 0 Å². The van der Waals surface area contributed by atoms with Gasteiger partial charge in [-0.3, -0.25) is 4.90 Å². The first-order valence-corrected chi connectivity index (χ1v) is 7.08. The number of hydrogen-bond donors (Lipinski definition) is 1. The highest BCUT2D eigenvalue weighted by molar-refractivity contribution is 5.42. The number of likely N-dealkylation sites (tertiary alicyclic amines) is 1. The topological polar surface area (TPSA) is 75.5 Å². The molecular weight excluding hydrogens is 258 g/mol. The summed E-state index contributed by atoms with van der Waals surface area (Å²) in [5.41, 5.74) is 0. The van der Waals surface area contributed by atoms with E-state index in [-0.39, 0.29) is 12.6 Å². The van der Waals surface area contributed by atoms with E-state index in [2.05, 4.69) is 15.1 Å². The lowest BCUT2D eigenvalue weighted by Gasteiger charge is -2.26. The standard InChI is InChI=1S/C14H19N3O3/c18-10-11-5-2-1-3-7-17(11)9-13-15-16-14(20-13)12-6-4-8-19-12/h4,6,8,11,18H,1-3,5,7,9-10H2. The van der Waals surface area contributed by atoms with Crippen molar-refractivity contribution in [2.24, 2.45) is 0 Å². The molecule has 0 radical (unpaired) electrons. The normalized spacial score (nSPS) is 20.9. The van der Waals surface area contributed by atoms with E-state index in [0.29, 0.717) is 24.1 Å². The molecule has 2 aromatic rings. The second-order valence-corrected chi connectivity index (χ2v) is 5.13. The molecule has 0 amide bonds. The van der Waals surface area contributed by atoms with Crippen molar-refractivity contribution in [3.63, 3.8) is 0 Å². The summed E-state index contributed by atoms with van der Waals surface area (Å²) in [6, 6.07) is 3.77. The molecule has 1 aliphatic heterocycles. The predicted molar refractivity (Wildman–Crippen MR) is 71.8 cm³/mol. The van der Waals surface area contributed by atoms with Crippen LogP contribution in [0.4, 0.5) is 0 Å². The van der Waals surface area contributed by atoms with Crippen molar-refractivity contribution in [2.75, 3.05) is 13.2 Å². The average molecular weight is 277 g/mol. The zero-order valence-corrected chi connectivity index (χ0v) is 11.4. The Morgan fingerprint density at radius 2 is 2.25 bits per heavy atom. The van der Waals surface area contributed by atoms with Crippen molar-refractivity contribution in [2.45, 2.75) is 38.3 Å². The van der Waals surface area contributed by atoms with Gasteiger partial charge in [-0.1, -0.05) is 12.8 Å². The van der Waals surface area contributed by atoms with Gasteiger partial charge in [-0.05, 0) is 31.5 Å². The van der Waals surface area contributed by atoms with Crippen LogP contribution in [0.15, 0.2) is 27.2 Å². The first-order chi connectivity index (χ1) is 9.86. The first kappa shape index (κ1) is 13.3. The summed E-state index contributed by atoms with van der Waals surface area (Å²) in [7, 11) is 0. The van der Waals surface area contributed by atoms with E-state index in [1.54, 1.807) is 18.4 Å². The Balaban J connectivity index is 1.70. The lowest BCUT2D eigenvalue weighted by molar-refractivity contribution is 0.110. The zero-order valence-electron chi connectivity index (χ0n) is 11.4. The lowest BCUT2D eigenvalue weighted by atomic mass is 10.1. The van der Waals surface area contributed by atoms with Crippen LogP contribution in [0.25, 0.3) is 11.7 Å². The molecule has 0 saturated carbocycles. The highest BCUT2D eigenvalue weighted by atomic mass is 16.4. The van der Waals surface area contributed by atoms with Crippen LogP contribution in [-0.2, 0) is 6.54 Å². The van der Waals surface area contributed by atoms with Crippen LogP contribution in [0, 0.1) is 0 Å². The van der Waals surface area contributed by atoms with E-state index in [1.807, 2.05) is 0 Å². The molecule has 3 heterocycles. The van der Waals surface area contributed by atoms with Crippen LogP contribution in [0.3, 0.4) is 0 Å². The molecule has 1 N–H and O–H groups in total. The first-order valence-electron chi connectivity index (χ1n) is 7.08. The molecule has 1 aliphatic rings. The lowest BCUT2D eigenvalue weighted by Crippen LogP contribution is -2.37. The van der Waals surface area contributed by atoms with Gasteiger partial charge in [0.1, 0.15) is 0 Å². The van der Waals surface area contributed by atoms with Gasteiger partial charge in [-0.25, -0.2) is 0 Å². The van der Waals surface area contributed by atoms with E-state index in [0.717, 1.165) is 19.4 Å². The van der Waals surface area contributed by atoms with Crippen LogP contribution in [0.1, 0.15) is 31.6 Å². The van der Waals surface area contributed by atoms with Crippen LogP contribution in [0.2, 0.25) is 0 Å². The van der Waals surface area contributed by atoms with Gasteiger partial charge < -0.3 is 13.9 Å². The summed E-state index contributed by atoms with van der Waals surface area (Å²) in [6.07, 6.45) is 6.14. The smallest absolute Gasteiger partial charge is 0.283 e. The molecule has 0 bridgehead atoms. The molecule has 1 unspecified atom stereocenters. The third-order valence-electron chi connectivity index (χ3n) is 3.75. The molecule has 108 valence electrons. The second-order valence-electron chi connectivity index (χ2n) is 5.13. The molecule has 0 aliphatic carbocycles. The van der Waals surface area contributed by atoms with Crippen molar-refractivity contribution in [1.82, 2.24) is 15.1 Å². The van der Waals surface area contributed by atoms with Crippen molar-refractivity contribution < 1.29 is 13.9 Å². The Morgan fingerprint density at radius 1 is 1.30 bits per heavy atom. The summed E-state index contributed by atoms with van der Waals surface area (Å²) >= 11 is 0. The number of rotatable bonds is 4. The number of nitrogens with zero attached hydrogens (tertiary/aromatic N) is 3. The van der Waals surface area contributed by atoms with E-state index in [1.165, 1.54) is 12.8 Å². The van der Waals surface area contributed by atoms with Crippen molar-refractivity contribution in [3.8, 4) is 11.7 Å². The Labute approximate surface area is 117 Å². The van der Waals surface area contributed by atoms with E-state index >= 15 is 0 Å². The monoisotopic (exact) mass is 277 g/mol. The molecule has 20 heavy (non-hydrogen) atoms. The van der Waals surface area contributed by atoms with Crippen molar-refractivity contribution in [3.05, 3.63) is 24.3 Å². The number of aliphatic hydroxyl groups excluding tert-OH is 1. The molecule has 1 fully saturated rings. The molecule has 1 atom stereocenters. The number of furan rings is 1. The average Bonchev–Trinajstić information content (AvgIpc) is 3.08. The van der Waals surface area contributed by atoms with E-state index in [4.69, 9.17) is 8.83 Å². The third kappa shape index (κ3) is 2.91. The summed E-state index contributed by atoms with van der Waals surface area (Å²) in [6.45, 7) is 1.72. The minimum absolute atomic E-state index is 0.180. The Kier molecular flexibility index (Phi) is 4.13. The SMILES string of the molecule is OCC1CCCCCN1Cc1nnc(-c2ccco2)o1. The Morgan fingerprint density at radius 3 is 3.05 bits per heavy atom. The maximum absolute atomic E-state index is 9.50. The molecule has 1 saturated heterocycles. The molecule has 0 aromatic carbocycles. The predicted octanol–water partition coefficient (Wildman–Crippen LogP) is 2.07. The van der Waals surface area contributed by atoms with Crippen LogP contribution in [0.5, 0.6) is 0 Å². The minimum Gasteiger partial charge on any atom is -0.459 e. The fraction of sp³-hybridized carbons (Fsp3) is 0.571. The van der Waals surface area contributed by atoms with Crippen LogP contribution >= 0.6 is 0 Å². The molecule has 2 aromatic heterocycles. The summed E-state index contributed by atoms with van der Waals surface area (Å²) in [5.74, 6) is 1.55. The fourth-order valence-corrected chi connectivity index (χ4v) is 2.64. The summed E-state index contributed by atoms with van der Waals surface area (Å²) in [5, 5.41) is 17.6. The molecule has 6 heteroatoms. The highest BCUT2D eigenvalue weighted by Gasteiger charge is 2.22. The fourth-order valence-electron chi connectivity index (χ4n) is 2.64. The maximum Gasteiger partial charge on any atom is 0.283 e. The zero-order chi connectivity index (χ0) is 13.8. The van der Waals surface area contributed by atoms with Gasteiger partial charge in [-0.2, -0.15) is 0 Å². The summed E-state index contributed by atoms with van der Waals surface area (Å²) < 4.78 is 10.9. The molecule has 3 rings (SSSR count). The number of aliphatic hydroxyl groups is 1. The maximum atomic E-state index is 9.50. The van der Waals surface area contributed by atoms with Gasteiger partial charge in [0.05, 0.1) is 19.4 Å². The Hall–Kier alpha value is -1.66. The molecular formula is C14H19N3O3. The third-order valence-corrected chi connectivity index (χ3v) is 3.75. The largest absolute Gasteiger partial charge is 0.459 e. The van der Waals surface area contributed by atoms with Crippen molar-refractivity contribution >= 4 is 0 Å². The van der Waals surface area contributed by atoms with Gasteiger partial charge in [0.25, 0.3) is 5.89 Å². The Bertz CT molecular complexity index is 524. The number of aromatic nitrogens is 2. The summed E-state index contributed by atoms with van der Waals surface area (Å²) in [4.78, 5) is 2.23. The van der Waals surface area contributed by atoms with Gasteiger partial charge >= 0.3 is 0 Å². The van der Waals surface area contributed by atoms with Crippen LogP contribution in [-0.4, -0.2) is 39.4 Å². The minimum atomic E-state index is 0.180. The second kappa shape index (κ2) is 6.19. The van der Waals surface area contributed by atoms with E-state index in [9.17, 15) is 5.11 Å². The molecule has 6 nitrogen and oxygen atoms in total. The number of hydrogen-bond acceptors (Lipinski definition) is 6.